The van der Waals surface area contributed by atoms with E-state index in [1.165, 1.54) is 12.4 Å². The lowest BCUT2D eigenvalue weighted by molar-refractivity contribution is -0.175. The molecule has 0 saturated heterocycles. The number of carbonyl (C=O) groups excluding carboxylic acids is 1. The molecule has 36 heavy (non-hydrogen) atoms. The zero-order valence-electron chi connectivity index (χ0n) is 19.2. The second-order valence-electron chi connectivity index (χ2n) is 9.32. The third-order valence-electron chi connectivity index (χ3n) is 6.95. The van der Waals surface area contributed by atoms with Crippen molar-refractivity contribution in [1.82, 2.24) is 9.97 Å². The van der Waals surface area contributed by atoms with Gasteiger partial charge in [0.2, 0.25) is 0 Å². The highest BCUT2D eigenvalue weighted by molar-refractivity contribution is 7.92. The molecule has 11 heteroatoms. The largest absolute Gasteiger partial charge is 0.392 e. The molecule has 0 amide bonds. The van der Waals surface area contributed by atoms with Crippen LogP contribution in [0.5, 0.6) is 0 Å². The molecule has 0 radical (unpaired) electrons. The molecular weight excluding hydrogens is 503 g/mol. The van der Waals surface area contributed by atoms with Crippen molar-refractivity contribution in [2.75, 3.05) is 0 Å². The van der Waals surface area contributed by atoms with Gasteiger partial charge < -0.3 is 0 Å². The Labute approximate surface area is 205 Å². The number of benzene rings is 1. The van der Waals surface area contributed by atoms with E-state index in [1.54, 1.807) is 6.07 Å². The van der Waals surface area contributed by atoms with Gasteiger partial charge in [-0.2, -0.15) is 13.2 Å². The predicted molar refractivity (Wildman–Crippen MR) is 122 cm³/mol. The summed E-state index contributed by atoms with van der Waals surface area (Å²) < 4.78 is 92.3. The minimum atomic E-state index is -4.24. The summed E-state index contributed by atoms with van der Waals surface area (Å²) in [6.07, 6.45) is -3.21. The van der Waals surface area contributed by atoms with Gasteiger partial charge >= 0.3 is 6.18 Å². The van der Waals surface area contributed by atoms with Crippen molar-refractivity contribution in [2.24, 2.45) is 11.8 Å². The second kappa shape index (κ2) is 10.4. The first kappa shape index (κ1) is 26.4. The molecule has 1 fully saturated rings. The molecule has 1 heterocycles. The molecule has 1 aromatic heterocycles. The van der Waals surface area contributed by atoms with E-state index in [4.69, 9.17) is 0 Å². The van der Waals surface area contributed by atoms with Crippen LogP contribution in [0.2, 0.25) is 0 Å². The second-order valence-corrected chi connectivity index (χ2v) is 11.5. The fourth-order valence-electron chi connectivity index (χ4n) is 4.93. The van der Waals surface area contributed by atoms with Gasteiger partial charge in [-0.1, -0.05) is 6.08 Å². The van der Waals surface area contributed by atoms with E-state index in [1.807, 2.05) is 0 Å². The Morgan fingerprint density at radius 1 is 1.08 bits per heavy atom. The molecule has 4 atom stereocenters. The van der Waals surface area contributed by atoms with Gasteiger partial charge in [-0.15, -0.1) is 0 Å². The van der Waals surface area contributed by atoms with Gasteiger partial charge in [0.05, 0.1) is 21.8 Å². The van der Waals surface area contributed by atoms with Gasteiger partial charge in [0, 0.05) is 18.0 Å². The molecule has 1 saturated carbocycles. The van der Waals surface area contributed by atoms with Crippen molar-refractivity contribution in [2.45, 2.75) is 67.4 Å². The third kappa shape index (κ3) is 5.82. The number of hydrogen-bond acceptors (Lipinski definition) is 5. The van der Waals surface area contributed by atoms with Gasteiger partial charge in [0.1, 0.15) is 24.1 Å². The smallest absolute Gasteiger partial charge is 0.299 e. The summed E-state index contributed by atoms with van der Waals surface area (Å²) in [5.41, 5.74) is 1.67. The minimum absolute atomic E-state index is 0.0247. The first-order valence-electron chi connectivity index (χ1n) is 11.7. The van der Waals surface area contributed by atoms with Crippen LogP contribution in [-0.4, -0.2) is 41.8 Å². The molecular formula is C25H25F5N2O3S. The Hall–Kier alpha value is -2.69. The van der Waals surface area contributed by atoms with Gasteiger partial charge in [-0.25, -0.2) is 27.2 Å². The van der Waals surface area contributed by atoms with Crippen LogP contribution in [-0.2, 0) is 21.1 Å². The van der Waals surface area contributed by atoms with E-state index < -0.39 is 50.9 Å². The summed E-state index contributed by atoms with van der Waals surface area (Å²) in [7, 11) is -4.04. The van der Waals surface area contributed by atoms with Crippen LogP contribution in [0, 0.1) is 17.7 Å². The number of nitrogens with zero attached hydrogens (tertiary/aromatic N) is 2. The number of hydrogen-bond donors (Lipinski definition) is 0. The number of rotatable bonds is 7. The Balaban J connectivity index is 1.43. The van der Waals surface area contributed by atoms with E-state index in [-0.39, 0.29) is 49.8 Å². The number of sulfone groups is 1. The highest BCUT2D eigenvalue weighted by Crippen LogP contribution is 2.40. The third-order valence-corrected chi connectivity index (χ3v) is 9.20. The quantitative estimate of drug-likeness (QED) is 0.353. The number of aryl methyl sites for hydroxylation is 1. The molecule has 0 spiro atoms. The molecule has 4 rings (SSSR count). The lowest BCUT2D eigenvalue weighted by Gasteiger charge is -2.24. The van der Waals surface area contributed by atoms with Crippen molar-refractivity contribution in [3.63, 3.8) is 0 Å². The SMILES string of the molecule is O=C(CCc1cc(C2=CC[C@@H](C(F)(F)F)CC2)ncn1)[C@@H]1C[C@@H](F)CC1S(=O)(=O)c1ccc(F)cc1. The Morgan fingerprint density at radius 3 is 2.44 bits per heavy atom. The summed E-state index contributed by atoms with van der Waals surface area (Å²) >= 11 is 0. The number of carbonyl (C=O) groups is 1. The molecule has 1 unspecified atom stereocenters. The van der Waals surface area contributed by atoms with Crippen LogP contribution in [0.25, 0.3) is 5.57 Å². The van der Waals surface area contributed by atoms with Crippen LogP contribution >= 0.6 is 0 Å². The first-order valence-corrected chi connectivity index (χ1v) is 13.2. The van der Waals surface area contributed by atoms with Crippen molar-refractivity contribution in [3.05, 3.63) is 59.9 Å². The predicted octanol–water partition coefficient (Wildman–Crippen LogP) is 5.45. The average Bonchev–Trinajstić information content (AvgIpc) is 3.25. The summed E-state index contributed by atoms with van der Waals surface area (Å²) in [6, 6.07) is 5.84. The highest BCUT2D eigenvalue weighted by atomic mass is 32.2. The molecule has 5 nitrogen and oxygen atoms in total. The zero-order chi connectivity index (χ0) is 26.1. The number of Topliss-reactive ketones (excluding diaryl/α,β-unsaturated/α-hetero) is 1. The standard InChI is InChI=1S/C25H25F5N2O3S/c26-17-5-8-20(9-6-17)36(34,35)24-12-18(27)11-21(24)23(33)10-7-19-13-22(32-14-31-19)15-1-3-16(4-2-15)25(28,29)30/h1,5-6,8-9,13-14,16,18,21,24H,2-4,7,10-12H2/t16-,18-,21+,24?/m1/s1. The van der Waals surface area contributed by atoms with Crippen LogP contribution in [0.3, 0.4) is 0 Å². The maximum atomic E-state index is 14.2. The average molecular weight is 529 g/mol. The Kier molecular flexibility index (Phi) is 7.59. The molecule has 2 aromatic rings. The molecule has 0 N–H and O–H groups in total. The lowest BCUT2D eigenvalue weighted by atomic mass is 9.87. The maximum Gasteiger partial charge on any atom is 0.392 e. The number of halogens is 5. The lowest BCUT2D eigenvalue weighted by Crippen LogP contribution is -2.31. The van der Waals surface area contributed by atoms with Crippen LogP contribution in [0.1, 0.15) is 49.9 Å². The molecule has 2 aliphatic rings. The van der Waals surface area contributed by atoms with E-state index in [0.717, 1.165) is 24.3 Å². The monoisotopic (exact) mass is 528 g/mol. The summed E-state index contributed by atoms with van der Waals surface area (Å²) in [5.74, 6) is -3.41. The summed E-state index contributed by atoms with van der Waals surface area (Å²) in [6.45, 7) is 0. The van der Waals surface area contributed by atoms with E-state index in [2.05, 4.69) is 9.97 Å². The molecule has 1 aromatic carbocycles. The zero-order valence-corrected chi connectivity index (χ0v) is 20.0. The normalized spacial score (nSPS) is 25.0. The van der Waals surface area contributed by atoms with Gasteiger partial charge in [0.15, 0.2) is 9.84 Å². The number of aromatic nitrogens is 2. The van der Waals surface area contributed by atoms with Crippen molar-refractivity contribution in [3.8, 4) is 0 Å². The van der Waals surface area contributed by atoms with Crippen molar-refractivity contribution < 1.29 is 35.2 Å². The van der Waals surface area contributed by atoms with Crippen molar-refractivity contribution >= 4 is 21.2 Å². The van der Waals surface area contributed by atoms with Gasteiger partial charge in [0.25, 0.3) is 0 Å². The highest BCUT2D eigenvalue weighted by Gasteiger charge is 2.46. The minimum Gasteiger partial charge on any atom is -0.299 e. The number of allylic oxidation sites excluding steroid dienone is 2. The van der Waals surface area contributed by atoms with E-state index in [9.17, 15) is 35.2 Å². The van der Waals surface area contributed by atoms with E-state index in [0.29, 0.717) is 17.0 Å². The van der Waals surface area contributed by atoms with E-state index >= 15 is 0 Å². The first-order chi connectivity index (χ1) is 16.9. The van der Waals surface area contributed by atoms with Crippen LogP contribution in [0.15, 0.2) is 47.6 Å². The summed E-state index contributed by atoms with van der Waals surface area (Å²) in [5, 5.41) is -1.24. The van der Waals surface area contributed by atoms with Crippen molar-refractivity contribution in [1.29, 1.82) is 0 Å². The molecule has 2 aliphatic carbocycles. The Bertz CT molecular complexity index is 1250. The van der Waals surface area contributed by atoms with Gasteiger partial charge in [-0.3, -0.25) is 4.79 Å². The van der Waals surface area contributed by atoms with Crippen LogP contribution < -0.4 is 0 Å². The van der Waals surface area contributed by atoms with Crippen LogP contribution in [0.4, 0.5) is 22.0 Å². The molecule has 194 valence electrons. The number of alkyl halides is 4. The van der Waals surface area contributed by atoms with Gasteiger partial charge in [-0.05, 0) is 74.4 Å². The fraction of sp³-hybridized carbons (Fsp3) is 0.480. The topological polar surface area (TPSA) is 77.0 Å². The molecule has 0 bridgehead atoms. The number of ketones is 1. The maximum absolute atomic E-state index is 14.2. The molecule has 0 aliphatic heterocycles. The fourth-order valence-corrected chi connectivity index (χ4v) is 6.95. The summed E-state index contributed by atoms with van der Waals surface area (Å²) in [4.78, 5) is 21.1. The Morgan fingerprint density at radius 2 is 1.81 bits per heavy atom.